The number of aromatic nitrogens is 1. The number of nitrogens with zero attached hydrogens (tertiary/aromatic N) is 1. The molecular formula is C11H12N2O4S3. The van der Waals surface area contributed by atoms with E-state index in [0.29, 0.717) is 10.6 Å². The molecule has 0 radical (unpaired) electrons. The average Bonchev–Trinajstić information content (AvgIpc) is 2.96. The van der Waals surface area contributed by atoms with Crippen LogP contribution in [0.4, 0.5) is 0 Å². The van der Waals surface area contributed by atoms with Crippen molar-refractivity contribution >= 4 is 38.7 Å². The third-order valence-electron chi connectivity index (χ3n) is 2.53. The van der Waals surface area contributed by atoms with Crippen LogP contribution in [-0.2, 0) is 10.0 Å². The number of nitrogens with one attached hydrogen (secondary N) is 1. The third-order valence-corrected chi connectivity index (χ3v) is 6.44. The summed E-state index contributed by atoms with van der Waals surface area (Å²) in [6.07, 6.45) is 1.59. The van der Waals surface area contributed by atoms with Crippen LogP contribution < -0.4 is 4.72 Å². The van der Waals surface area contributed by atoms with Crippen LogP contribution in [0.15, 0.2) is 21.9 Å². The third kappa shape index (κ3) is 2.90. The quantitative estimate of drug-likeness (QED) is 0.875. The molecule has 0 saturated carbocycles. The highest BCUT2D eigenvalue weighted by Gasteiger charge is 2.28. The average molecular weight is 332 g/mol. The number of aromatic carboxylic acids is 1. The Morgan fingerprint density at radius 2 is 2.15 bits per heavy atom. The Kier molecular flexibility index (Phi) is 4.23. The number of carboxylic acids is 1. The summed E-state index contributed by atoms with van der Waals surface area (Å²) in [5, 5.41) is 13.0. The minimum Gasteiger partial charge on any atom is -0.477 e. The van der Waals surface area contributed by atoms with E-state index < -0.39 is 22.0 Å². The smallest absolute Gasteiger partial charge is 0.347 e. The van der Waals surface area contributed by atoms with Gasteiger partial charge in [-0.25, -0.2) is 22.9 Å². The number of carboxylic acid groups (broad SMARTS) is 1. The standard InChI is InChI=1S/C11H12N2O4S3/c1-6-5-19-8(11(14)15)9(6)20(16,17)13-7(2)10-12-3-4-18-10/h3-5,7,13H,1-2H3,(H,14,15). The summed E-state index contributed by atoms with van der Waals surface area (Å²) >= 11 is 2.24. The van der Waals surface area contributed by atoms with Crippen LogP contribution in [0.5, 0.6) is 0 Å². The molecule has 0 bridgehead atoms. The molecule has 0 aliphatic carbocycles. The van der Waals surface area contributed by atoms with Crippen molar-refractivity contribution in [3.63, 3.8) is 0 Å². The van der Waals surface area contributed by atoms with Gasteiger partial charge in [0.1, 0.15) is 14.8 Å². The molecule has 2 heterocycles. The molecule has 0 spiro atoms. The second-order valence-electron chi connectivity index (χ2n) is 4.10. The first-order valence-electron chi connectivity index (χ1n) is 5.56. The number of thiophene rings is 1. The molecule has 0 aliphatic rings. The molecule has 0 fully saturated rings. The van der Waals surface area contributed by atoms with Gasteiger partial charge in [0.05, 0.1) is 6.04 Å². The summed E-state index contributed by atoms with van der Waals surface area (Å²) in [4.78, 5) is 14.8. The van der Waals surface area contributed by atoms with Gasteiger partial charge in [0.2, 0.25) is 10.0 Å². The molecule has 9 heteroatoms. The lowest BCUT2D eigenvalue weighted by Crippen LogP contribution is -2.28. The van der Waals surface area contributed by atoms with Crippen molar-refractivity contribution in [2.45, 2.75) is 24.8 Å². The molecule has 20 heavy (non-hydrogen) atoms. The summed E-state index contributed by atoms with van der Waals surface area (Å²) < 4.78 is 27.2. The van der Waals surface area contributed by atoms with E-state index in [0.717, 1.165) is 11.3 Å². The summed E-state index contributed by atoms with van der Waals surface area (Å²) in [6.45, 7) is 3.24. The van der Waals surface area contributed by atoms with E-state index in [1.54, 1.807) is 25.4 Å². The van der Waals surface area contributed by atoms with Crippen LogP contribution in [0.25, 0.3) is 0 Å². The zero-order valence-electron chi connectivity index (χ0n) is 10.7. The second kappa shape index (κ2) is 5.60. The number of hydrogen-bond acceptors (Lipinski definition) is 6. The Labute approximate surface area is 124 Å². The van der Waals surface area contributed by atoms with E-state index in [9.17, 15) is 13.2 Å². The molecule has 108 valence electrons. The van der Waals surface area contributed by atoms with Gasteiger partial charge in [-0.3, -0.25) is 0 Å². The van der Waals surface area contributed by atoms with Crippen LogP contribution in [-0.4, -0.2) is 24.5 Å². The maximum atomic E-state index is 12.4. The van der Waals surface area contributed by atoms with E-state index in [-0.39, 0.29) is 9.77 Å². The number of sulfonamides is 1. The van der Waals surface area contributed by atoms with Gasteiger partial charge >= 0.3 is 5.97 Å². The number of rotatable bonds is 5. The molecule has 2 aromatic rings. The maximum absolute atomic E-state index is 12.4. The summed E-state index contributed by atoms with van der Waals surface area (Å²) in [5.74, 6) is -1.25. The fourth-order valence-corrected chi connectivity index (χ4v) is 5.26. The zero-order valence-corrected chi connectivity index (χ0v) is 13.1. The van der Waals surface area contributed by atoms with E-state index in [4.69, 9.17) is 5.11 Å². The number of thiazole rings is 1. The lowest BCUT2D eigenvalue weighted by molar-refractivity contribution is 0.0698. The van der Waals surface area contributed by atoms with Gasteiger partial charge in [-0.15, -0.1) is 22.7 Å². The van der Waals surface area contributed by atoms with Gasteiger partial charge < -0.3 is 5.11 Å². The predicted octanol–water partition coefficient (Wildman–Crippen LogP) is 2.25. The lowest BCUT2D eigenvalue weighted by atomic mass is 10.3. The topological polar surface area (TPSA) is 96.4 Å². The molecule has 2 rings (SSSR count). The molecule has 0 saturated heterocycles. The highest BCUT2D eigenvalue weighted by Crippen LogP contribution is 2.28. The van der Waals surface area contributed by atoms with Gasteiger partial charge in [0.15, 0.2) is 0 Å². The van der Waals surface area contributed by atoms with Gasteiger partial charge in [-0.2, -0.15) is 0 Å². The van der Waals surface area contributed by atoms with Crippen molar-refractivity contribution < 1.29 is 18.3 Å². The van der Waals surface area contributed by atoms with Crippen LogP contribution in [0.1, 0.15) is 33.2 Å². The summed E-state index contributed by atoms with van der Waals surface area (Å²) in [5.41, 5.74) is 0.422. The van der Waals surface area contributed by atoms with Crippen LogP contribution in [0.2, 0.25) is 0 Å². The Bertz CT molecular complexity index is 719. The van der Waals surface area contributed by atoms with Gasteiger partial charge in [-0.05, 0) is 24.8 Å². The van der Waals surface area contributed by atoms with Crippen molar-refractivity contribution in [2.24, 2.45) is 0 Å². The summed E-state index contributed by atoms with van der Waals surface area (Å²) in [7, 11) is -3.90. The lowest BCUT2D eigenvalue weighted by Gasteiger charge is -2.12. The molecule has 6 nitrogen and oxygen atoms in total. The predicted molar refractivity (Wildman–Crippen MR) is 76.9 cm³/mol. The van der Waals surface area contributed by atoms with E-state index in [1.807, 2.05) is 0 Å². The van der Waals surface area contributed by atoms with Gasteiger partial charge in [-0.1, -0.05) is 0 Å². The Hall–Kier alpha value is -1.29. The normalized spacial score (nSPS) is 13.3. The van der Waals surface area contributed by atoms with Crippen molar-refractivity contribution in [3.8, 4) is 0 Å². The monoisotopic (exact) mass is 332 g/mol. The zero-order chi connectivity index (χ0) is 14.9. The molecule has 2 aromatic heterocycles. The number of carbonyl (C=O) groups is 1. The Balaban J connectivity index is 2.36. The Morgan fingerprint density at radius 1 is 1.45 bits per heavy atom. The van der Waals surface area contributed by atoms with Crippen LogP contribution >= 0.6 is 22.7 Å². The van der Waals surface area contributed by atoms with Crippen molar-refractivity contribution in [2.75, 3.05) is 0 Å². The highest BCUT2D eigenvalue weighted by molar-refractivity contribution is 7.89. The van der Waals surface area contributed by atoms with Gasteiger partial charge in [0, 0.05) is 11.6 Å². The molecular weight excluding hydrogens is 320 g/mol. The highest BCUT2D eigenvalue weighted by atomic mass is 32.2. The first-order chi connectivity index (χ1) is 9.33. The number of hydrogen-bond donors (Lipinski definition) is 2. The molecule has 1 unspecified atom stereocenters. The number of aryl methyl sites for hydroxylation is 1. The fraction of sp³-hybridized carbons (Fsp3) is 0.273. The van der Waals surface area contributed by atoms with Crippen molar-refractivity contribution in [1.82, 2.24) is 9.71 Å². The van der Waals surface area contributed by atoms with Crippen LogP contribution in [0, 0.1) is 6.92 Å². The van der Waals surface area contributed by atoms with E-state index in [1.165, 1.54) is 16.7 Å². The van der Waals surface area contributed by atoms with Crippen molar-refractivity contribution in [1.29, 1.82) is 0 Å². The first kappa shape index (κ1) is 15.1. The molecule has 0 amide bonds. The molecule has 2 N–H and O–H groups in total. The van der Waals surface area contributed by atoms with E-state index >= 15 is 0 Å². The van der Waals surface area contributed by atoms with Crippen molar-refractivity contribution in [3.05, 3.63) is 32.4 Å². The van der Waals surface area contributed by atoms with E-state index in [2.05, 4.69) is 9.71 Å². The minimum atomic E-state index is -3.90. The largest absolute Gasteiger partial charge is 0.477 e. The van der Waals surface area contributed by atoms with Crippen LogP contribution in [0.3, 0.4) is 0 Å². The second-order valence-corrected chi connectivity index (χ2v) is 7.55. The molecule has 0 aliphatic heterocycles. The first-order valence-corrected chi connectivity index (χ1v) is 8.80. The minimum absolute atomic E-state index is 0.168. The fourth-order valence-electron chi connectivity index (χ4n) is 1.71. The molecule has 0 aromatic carbocycles. The van der Waals surface area contributed by atoms with Gasteiger partial charge in [0.25, 0.3) is 0 Å². The SMILES string of the molecule is Cc1csc(C(=O)O)c1S(=O)(=O)NC(C)c1nccs1. The Morgan fingerprint density at radius 3 is 2.70 bits per heavy atom. The maximum Gasteiger partial charge on any atom is 0.347 e. The summed E-state index contributed by atoms with van der Waals surface area (Å²) in [6, 6.07) is -0.513. The molecule has 1 atom stereocenters.